The van der Waals surface area contributed by atoms with E-state index in [2.05, 4.69) is 5.92 Å². The Kier molecular flexibility index (Phi) is 3.10. The molecule has 2 rings (SSSR count). The van der Waals surface area contributed by atoms with Crippen LogP contribution < -0.4 is 0 Å². The Hall–Kier alpha value is -1.50. The first-order valence-electron chi connectivity index (χ1n) is 6.34. The van der Waals surface area contributed by atoms with Crippen molar-refractivity contribution in [2.75, 3.05) is 13.1 Å². The smallest absolute Gasteiger partial charge is 0.307 e. The summed E-state index contributed by atoms with van der Waals surface area (Å²) < 4.78 is 0. The molecule has 2 fully saturated rings. The Morgan fingerprint density at radius 1 is 1.39 bits per heavy atom. The van der Waals surface area contributed by atoms with Crippen LogP contribution in [-0.2, 0) is 9.59 Å². The molecule has 2 aliphatic carbocycles. The lowest BCUT2D eigenvalue weighted by Crippen LogP contribution is -2.35. The van der Waals surface area contributed by atoms with Crippen molar-refractivity contribution in [3.8, 4) is 12.3 Å². The molecular weight excluding hydrogens is 230 g/mol. The topological polar surface area (TPSA) is 57.6 Å². The summed E-state index contributed by atoms with van der Waals surface area (Å²) >= 11 is 0. The highest BCUT2D eigenvalue weighted by Gasteiger charge is 2.66. The van der Waals surface area contributed by atoms with Gasteiger partial charge in [-0.2, -0.15) is 0 Å². The molecule has 0 spiro atoms. The number of hydrogen-bond acceptors (Lipinski definition) is 2. The molecule has 98 valence electrons. The third kappa shape index (κ3) is 2.22. The van der Waals surface area contributed by atoms with Gasteiger partial charge in [0.1, 0.15) is 0 Å². The Labute approximate surface area is 107 Å². The van der Waals surface area contributed by atoms with Gasteiger partial charge in [-0.25, -0.2) is 0 Å². The molecule has 0 aromatic rings. The monoisotopic (exact) mass is 249 g/mol. The van der Waals surface area contributed by atoms with E-state index < -0.39 is 23.2 Å². The van der Waals surface area contributed by atoms with Gasteiger partial charge >= 0.3 is 5.97 Å². The fourth-order valence-corrected chi connectivity index (χ4v) is 2.71. The lowest BCUT2D eigenvalue weighted by atomic mass is 10.1. The highest BCUT2D eigenvalue weighted by atomic mass is 16.4. The van der Waals surface area contributed by atoms with Crippen LogP contribution in [-0.4, -0.2) is 35.0 Å². The molecule has 4 nitrogen and oxygen atoms in total. The first kappa shape index (κ1) is 12.9. The van der Waals surface area contributed by atoms with E-state index >= 15 is 0 Å². The second-order valence-electron chi connectivity index (χ2n) is 5.98. The summed E-state index contributed by atoms with van der Waals surface area (Å²) in [6.45, 7) is 4.63. The van der Waals surface area contributed by atoms with Crippen LogP contribution >= 0.6 is 0 Å². The minimum atomic E-state index is -0.884. The second kappa shape index (κ2) is 4.31. The number of amides is 1. The van der Waals surface area contributed by atoms with E-state index in [4.69, 9.17) is 11.5 Å². The van der Waals surface area contributed by atoms with E-state index in [0.29, 0.717) is 12.5 Å². The molecule has 18 heavy (non-hydrogen) atoms. The molecule has 0 aliphatic heterocycles. The molecule has 0 heterocycles. The molecule has 2 saturated carbocycles. The van der Waals surface area contributed by atoms with Gasteiger partial charge in [0.25, 0.3) is 0 Å². The standard InChI is InChI=1S/C14H19NO3/c1-4-7-15(8-9-5-6-9)12(16)10-11(13(17)18)14(10,2)3/h1,9-11H,5-8H2,2-3H3,(H,17,18). The maximum absolute atomic E-state index is 12.4. The molecule has 0 aromatic heterocycles. The number of carboxylic acid groups (broad SMARTS) is 1. The third-order valence-corrected chi connectivity index (χ3v) is 4.13. The molecule has 4 heteroatoms. The minimum absolute atomic E-state index is 0.0859. The molecule has 1 amide bonds. The van der Waals surface area contributed by atoms with Crippen molar-refractivity contribution in [3.05, 3.63) is 0 Å². The zero-order chi connectivity index (χ0) is 13.5. The first-order valence-corrected chi connectivity index (χ1v) is 6.34. The molecular formula is C14H19NO3. The van der Waals surface area contributed by atoms with Crippen LogP contribution in [0.3, 0.4) is 0 Å². The predicted octanol–water partition coefficient (Wildman–Crippen LogP) is 1.21. The van der Waals surface area contributed by atoms with Crippen LogP contribution in [0.4, 0.5) is 0 Å². The molecule has 0 radical (unpaired) electrons. The number of carboxylic acids is 1. The van der Waals surface area contributed by atoms with Gasteiger partial charge in [-0.05, 0) is 24.2 Å². The third-order valence-electron chi connectivity index (χ3n) is 4.13. The van der Waals surface area contributed by atoms with Crippen LogP contribution in [0.25, 0.3) is 0 Å². The average molecular weight is 249 g/mol. The summed E-state index contributed by atoms with van der Waals surface area (Å²) in [5.41, 5.74) is -0.445. The number of rotatable bonds is 5. The van der Waals surface area contributed by atoms with E-state index in [0.717, 1.165) is 12.8 Å². The van der Waals surface area contributed by atoms with Gasteiger partial charge in [-0.1, -0.05) is 19.8 Å². The highest BCUT2D eigenvalue weighted by Crippen LogP contribution is 2.59. The SMILES string of the molecule is C#CCN(CC1CC1)C(=O)C1C(C(=O)O)C1(C)C. The van der Waals surface area contributed by atoms with Crippen molar-refractivity contribution < 1.29 is 14.7 Å². The van der Waals surface area contributed by atoms with Crippen molar-refractivity contribution in [3.63, 3.8) is 0 Å². The van der Waals surface area contributed by atoms with Crippen LogP contribution in [0.15, 0.2) is 0 Å². The summed E-state index contributed by atoms with van der Waals surface area (Å²) in [5.74, 6) is 1.11. The molecule has 1 N–H and O–H groups in total. The van der Waals surface area contributed by atoms with Gasteiger partial charge in [0.2, 0.25) is 5.91 Å². The molecule has 0 saturated heterocycles. The molecule has 0 aromatic carbocycles. The number of carbonyl (C=O) groups is 2. The summed E-state index contributed by atoms with van der Waals surface area (Å²) in [4.78, 5) is 25.1. The normalized spacial score (nSPS) is 28.3. The fraction of sp³-hybridized carbons (Fsp3) is 0.714. The summed E-state index contributed by atoms with van der Waals surface area (Å²) in [7, 11) is 0. The molecule has 2 aliphatic rings. The van der Waals surface area contributed by atoms with Crippen LogP contribution in [0.1, 0.15) is 26.7 Å². The van der Waals surface area contributed by atoms with Gasteiger partial charge in [0, 0.05) is 6.54 Å². The van der Waals surface area contributed by atoms with Crippen molar-refractivity contribution in [2.24, 2.45) is 23.2 Å². The quantitative estimate of drug-likeness (QED) is 0.745. The number of nitrogens with zero attached hydrogens (tertiary/aromatic N) is 1. The van der Waals surface area contributed by atoms with Gasteiger partial charge in [0.05, 0.1) is 18.4 Å². The van der Waals surface area contributed by atoms with E-state index in [9.17, 15) is 9.59 Å². The van der Waals surface area contributed by atoms with Crippen molar-refractivity contribution in [1.29, 1.82) is 0 Å². The maximum Gasteiger partial charge on any atom is 0.307 e. The first-order chi connectivity index (χ1) is 8.39. The number of terminal acetylenes is 1. The van der Waals surface area contributed by atoms with Crippen LogP contribution in [0.2, 0.25) is 0 Å². The average Bonchev–Trinajstić information content (AvgIpc) is 3.14. The lowest BCUT2D eigenvalue weighted by molar-refractivity contribution is -0.142. The van der Waals surface area contributed by atoms with Gasteiger partial charge in [0.15, 0.2) is 0 Å². The number of carbonyl (C=O) groups excluding carboxylic acids is 1. The number of aliphatic carboxylic acids is 1. The second-order valence-corrected chi connectivity index (χ2v) is 5.98. The Morgan fingerprint density at radius 2 is 2.00 bits per heavy atom. The van der Waals surface area contributed by atoms with Crippen LogP contribution in [0.5, 0.6) is 0 Å². The van der Waals surface area contributed by atoms with Gasteiger partial charge < -0.3 is 10.0 Å². The zero-order valence-electron chi connectivity index (χ0n) is 10.8. The molecule has 0 bridgehead atoms. The van der Waals surface area contributed by atoms with Crippen molar-refractivity contribution in [1.82, 2.24) is 4.90 Å². The van der Waals surface area contributed by atoms with Crippen molar-refractivity contribution >= 4 is 11.9 Å². The van der Waals surface area contributed by atoms with E-state index in [1.165, 1.54) is 0 Å². The van der Waals surface area contributed by atoms with E-state index in [-0.39, 0.29) is 12.5 Å². The van der Waals surface area contributed by atoms with Crippen molar-refractivity contribution in [2.45, 2.75) is 26.7 Å². The Morgan fingerprint density at radius 3 is 2.39 bits per heavy atom. The zero-order valence-corrected chi connectivity index (χ0v) is 10.8. The van der Waals surface area contributed by atoms with E-state index in [1.54, 1.807) is 4.90 Å². The van der Waals surface area contributed by atoms with E-state index in [1.807, 2.05) is 13.8 Å². The number of hydrogen-bond donors (Lipinski definition) is 1. The van der Waals surface area contributed by atoms with Gasteiger partial charge in [-0.3, -0.25) is 9.59 Å². The summed E-state index contributed by atoms with van der Waals surface area (Å²) in [5, 5.41) is 9.10. The molecule has 2 atom stereocenters. The summed E-state index contributed by atoms with van der Waals surface area (Å²) in [6, 6.07) is 0. The largest absolute Gasteiger partial charge is 0.481 e. The van der Waals surface area contributed by atoms with Crippen LogP contribution in [0, 0.1) is 35.5 Å². The Bertz CT molecular complexity index is 417. The maximum atomic E-state index is 12.4. The summed E-state index contributed by atoms with van der Waals surface area (Å²) in [6.07, 6.45) is 7.57. The Balaban J connectivity index is 2.05. The minimum Gasteiger partial charge on any atom is -0.481 e. The predicted molar refractivity (Wildman–Crippen MR) is 66.5 cm³/mol. The fourth-order valence-electron chi connectivity index (χ4n) is 2.71. The lowest BCUT2D eigenvalue weighted by Gasteiger charge is -2.20. The molecule has 2 unspecified atom stereocenters. The van der Waals surface area contributed by atoms with Gasteiger partial charge in [-0.15, -0.1) is 6.42 Å². The highest BCUT2D eigenvalue weighted by molar-refractivity contribution is 5.91.